The van der Waals surface area contributed by atoms with Gasteiger partial charge in [-0.1, -0.05) is 6.07 Å². The number of aromatic nitrogens is 6. The van der Waals surface area contributed by atoms with Crippen molar-refractivity contribution in [3.05, 3.63) is 71.9 Å². The summed E-state index contributed by atoms with van der Waals surface area (Å²) in [6.07, 6.45) is 3.46. The van der Waals surface area contributed by atoms with Crippen LogP contribution in [0.25, 0.3) is 39.3 Å². The highest BCUT2D eigenvalue weighted by atomic mass is 19.1. The molecular formula is C20H15FN6O. The zero-order valence-electron chi connectivity index (χ0n) is 15.0. The van der Waals surface area contributed by atoms with E-state index in [1.807, 2.05) is 36.0 Å². The molecule has 138 valence electrons. The van der Waals surface area contributed by atoms with Crippen LogP contribution in [0.5, 0.6) is 0 Å². The number of fused-ring (bicyclic) bond motifs is 2. The van der Waals surface area contributed by atoms with Crippen molar-refractivity contribution in [2.75, 3.05) is 0 Å². The highest BCUT2D eigenvalue weighted by Crippen LogP contribution is 2.24. The highest BCUT2D eigenvalue weighted by Gasteiger charge is 2.20. The monoisotopic (exact) mass is 374 g/mol. The maximum atomic E-state index is 13.2. The van der Waals surface area contributed by atoms with Crippen LogP contribution < -0.4 is 4.85 Å². The molecule has 0 atom stereocenters. The highest BCUT2D eigenvalue weighted by molar-refractivity contribution is 5.84. The predicted molar refractivity (Wildman–Crippen MR) is 102 cm³/mol. The van der Waals surface area contributed by atoms with Crippen molar-refractivity contribution in [3.8, 4) is 22.6 Å². The van der Waals surface area contributed by atoms with Gasteiger partial charge in [-0.3, -0.25) is 4.68 Å². The van der Waals surface area contributed by atoms with E-state index in [1.165, 1.54) is 28.8 Å². The van der Waals surface area contributed by atoms with Crippen LogP contribution in [-0.4, -0.2) is 24.3 Å². The van der Waals surface area contributed by atoms with Crippen molar-refractivity contribution in [1.29, 1.82) is 0 Å². The Hall–Kier alpha value is -3.81. The molecule has 0 saturated heterocycles. The van der Waals surface area contributed by atoms with Crippen molar-refractivity contribution in [3.63, 3.8) is 0 Å². The standard InChI is InChI=1S/C20H15FN6O/c1-2-25-18-8-5-14(11-15(18)12-22-25)17-9-10-26-20(23-17)24-19(27(26)28)13-3-6-16(21)7-4-13/h3-12H,2H2,1H3. The van der Waals surface area contributed by atoms with Gasteiger partial charge in [-0.15, -0.1) is 9.36 Å². The lowest BCUT2D eigenvalue weighted by molar-refractivity contribution is -0.667. The van der Waals surface area contributed by atoms with Crippen molar-refractivity contribution in [1.82, 2.24) is 24.3 Å². The fourth-order valence-corrected chi connectivity index (χ4v) is 3.29. The molecule has 0 aliphatic heterocycles. The fourth-order valence-electron chi connectivity index (χ4n) is 3.29. The normalized spacial score (nSPS) is 11.5. The second-order valence-corrected chi connectivity index (χ2v) is 6.41. The van der Waals surface area contributed by atoms with Gasteiger partial charge < -0.3 is 5.21 Å². The minimum absolute atomic E-state index is 0.171. The van der Waals surface area contributed by atoms with Crippen LogP contribution in [0.1, 0.15) is 6.92 Å². The molecule has 7 nitrogen and oxygen atoms in total. The SMILES string of the molecule is CCn1ncc2cc(-c3ccn4c(n3)nc(-c3ccc(F)cc3)[n+]4[O-])ccc21. The molecule has 0 unspecified atom stereocenters. The summed E-state index contributed by atoms with van der Waals surface area (Å²) in [5, 5.41) is 17.9. The summed E-state index contributed by atoms with van der Waals surface area (Å²) >= 11 is 0. The molecule has 5 aromatic rings. The first kappa shape index (κ1) is 16.4. The van der Waals surface area contributed by atoms with Crippen molar-refractivity contribution < 1.29 is 9.24 Å². The largest absolute Gasteiger partial charge is 0.692 e. The first-order valence-electron chi connectivity index (χ1n) is 8.85. The molecule has 3 heterocycles. The van der Waals surface area contributed by atoms with Crippen LogP contribution in [0.2, 0.25) is 0 Å². The Labute approximate surface area is 158 Å². The topological polar surface area (TPSA) is 75.0 Å². The summed E-state index contributed by atoms with van der Waals surface area (Å²) in [4.78, 5) is 9.52. The second kappa shape index (κ2) is 6.12. The maximum absolute atomic E-state index is 13.2. The number of rotatable bonds is 3. The van der Waals surface area contributed by atoms with Crippen LogP contribution >= 0.6 is 0 Å². The summed E-state index contributed by atoms with van der Waals surface area (Å²) in [6.45, 7) is 2.85. The second-order valence-electron chi connectivity index (χ2n) is 6.41. The molecule has 2 aromatic carbocycles. The first-order valence-corrected chi connectivity index (χ1v) is 8.85. The molecule has 0 radical (unpaired) electrons. The maximum Gasteiger partial charge on any atom is 0.382 e. The van der Waals surface area contributed by atoms with Crippen molar-refractivity contribution in [2.45, 2.75) is 13.5 Å². The molecule has 0 aliphatic rings. The van der Waals surface area contributed by atoms with Crippen LogP contribution in [0.4, 0.5) is 4.39 Å². The molecule has 0 fully saturated rings. The number of hydrogen-bond donors (Lipinski definition) is 0. The van der Waals surface area contributed by atoms with E-state index < -0.39 is 0 Å². The number of benzene rings is 2. The lowest BCUT2D eigenvalue weighted by Gasteiger charge is -2.04. The van der Waals surface area contributed by atoms with E-state index in [9.17, 15) is 9.60 Å². The number of hydrogen-bond acceptors (Lipinski definition) is 4. The molecule has 0 bridgehead atoms. The van der Waals surface area contributed by atoms with Gasteiger partial charge in [-0.05, 0) is 49.4 Å². The van der Waals surface area contributed by atoms with Crippen LogP contribution in [0.15, 0.2) is 60.9 Å². The third-order valence-corrected chi connectivity index (χ3v) is 4.72. The van der Waals surface area contributed by atoms with Crippen LogP contribution in [0, 0.1) is 11.0 Å². The predicted octanol–water partition coefficient (Wildman–Crippen LogP) is 3.21. The van der Waals surface area contributed by atoms with Gasteiger partial charge in [0.25, 0.3) is 0 Å². The van der Waals surface area contributed by atoms with E-state index in [1.54, 1.807) is 12.3 Å². The Morgan fingerprint density at radius 1 is 1.04 bits per heavy atom. The Kier molecular flexibility index (Phi) is 3.58. The van der Waals surface area contributed by atoms with Gasteiger partial charge in [-0.25, -0.2) is 4.39 Å². The number of halogens is 1. The molecule has 8 heteroatoms. The Morgan fingerprint density at radius 3 is 2.61 bits per heavy atom. The van der Waals surface area contributed by atoms with E-state index in [0.717, 1.165) is 23.0 Å². The van der Waals surface area contributed by atoms with Gasteiger partial charge in [0, 0.05) is 22.5 Å². The Balaban J connectivity index is 1.61. The average Bonchev–Trinajstić information content (AvgIpc) is 3.28. The van der Waals surface area contributed by atoms with Gasteiger partial charge >= 0.3 is 11.6 Å². The van der Waals surface area contributed by atoms with Gasteiger partial charge in [0.05, 0.1) is 29.2 Å². The number of nitrogens with zero attached hydrogens (tertiary/aromatic N) is 6. The molecule has 28 heavy (non-hydrogen) atoms. The Bertz CT molecular complexity index is 1320. The average molecular weight is 374 g/mol. The summed E-state index contributed by atoms with van der Waals surface area (Å²) in [7, 11) is 0. The van der Waals surface area contributed by atoms with E-state index >= 15 is 0 Å². The van der Waals surface area contributed by atoms with Crippen molar-refractivity contribution >= 4 is 16.7 Å². The third-order valence-electron chi connectivity index (χ3n) is 4.72. The van der Waals surface area contributed by atoms with E-state index in [0.29, 0.717) is 16.1 Å². The van der Waals surface area contributed by atoms with E-state index in [-0.39, 0.29) is 17.4 Å². The summed E-state index contributed by atoms with van der Waals surface area (Å²) in [6, 6.07) is 13.4. The molecule has 0 N–H and O–H groups in total. The zero-order valence-corrected chi connectivity index (χ0v) is 15.0. The van der Waals surface area contributed by atoms with Gasteiger partial charge in [0.2, 0.25) is 0 Å². The third kappa shape index (κ3) is 2.50. The number of aryl methyl sites for hydroxylation is 1. The fraction of sp³-hybridized carbons (Fsp3) is 0.100. The zero-order chi connectivity index (χ0) is 19.3. The minimum atomic E-state index is -0.368. The van der Waals surface area contributed by atoms with E-state index in [2.05, 4.69) is 15.1 Å². The first-order chi connectivity index (χ1) is 13.6. The molecule has 5 rings (SSSR count). The lowest BCUT2D eigenvalue weighted by atomic mass is 10.1. The molecule has 0 spiro atoms. The quantitative estimate of drug-likeness (QED) is 0.359. The van der Waals surface area contributed by atoms with Crippen LogP contribution in [-0.2, 0) is 6.54 Å². The summed E-state index contributed by atoms with van der Waals surface area (Å²) in [5.41, 5.74) is 3.20. The molecule has 0 amide bonds. The van der Waals surface area contributed by atoms with Gasteiger partial charge in [0.15, 0.2) is 0 Å². The lowest BCUT2D eigenvalue weighted by Crippen LogP contribution is -2.34. The summed E-state index contributed by atoms with van der Waals surface area (Å²) in [5.74, 6) is 0.0765. The Morgan fingerprint density at radius 2 is 1.82 bits per heavy atom. The van der Waals surface area contributed by atoms with Crippen molar-refractivity contribution in [2.24, 2.45) is 0 Å². The molecule has 0 aliphatic carbocycles. The smallest absolute Gasteiger partial charge is 0.382 e. The summed E-state index contributed by atoms with van der Waals surface area (Å²) < 4.78 is 16.4. The van der Waals surface area contributed by atoms with Gasteiger partial charge in [-0.2, -0.15) is 10.1 Å². The molecular weight excluding hydrogens is 359 g/mol. The molecule has 3 aromatic heterocycles. The van der Waals surface area contributed by atoms with Gasteiger partial charge in [0.1, 0.15) is 5.82 Å². The van der Waals surface area contributed by atoms with Crippen LogP contribution in [0.3, 0.4) is 0 Å². The molecule has 0 saturated carbocycles. The van der Waals surface area contributed by atoms with E-state index in [4.69, 9.17) is 0 Å². The minimum Gasteiger partial charge on any atom is -0.692 e.